The molecule has 0 amide bonds. The van der Waals surface area contributed by atoms with Crippen molar-refractivity contribution in [2.24, 2.45) is 0 Å². The van der Waals surface area contributed by atoms with Gasteiger partial charge in [0.25, 0.3) is 0 Å². The van der Waals surface area contributed by atoms with Crippen LogP contribution in [0.25, 0.3) is 0 Å². The number of nitrogens with zero attached hydrogens (tertiary/aromatic N) is 2. The lowest BCUT2D eigenvalue weighted by Crippen LogP contribution is -2.13. The van der Waals surface area contributed by atoms with E-state index in [9.17, 15) is 4.79 Å². The first-order valence-electron chi connectivity index (χ1n) is 3.48. The number of rotatable bonds is 3. The molecule has 0 N–H and O–H groups in total. The lowest BCUT2D eigenvalue weighted by atomic mass is 10.8. The summed E-state index contributed by atoms with van der Waals surface area (Å²) < 4.78 is 10.7. The highest BCUT2D eigenvalue weighted by atomic mass is 16.6. The van der Waals surface area contributed by atoms with Crippen LogP contribution in [0.2, 0.25) is 0 Å². The maximum Gasteiger partial charge on any atom is 0.439 e. The van der Waals surface area contributed by atoms with Crippen LogP contribution in [0.1, 0.15) is 13.8 Å². The van der Waals surface area contributed by atoms with Gasteiger partial charge >= 0.3 is 11.8 Å². The number of ether oxygens (including phenoxy) is 1. The van der Waals surface area contributed by atoms with Crippen molar-refractivity contribution < 1.29 is 9.15 Å². The van der Waals surface area contributed by atoms with Crippen LogP contribution >= 0.6 is 0 Å². The SMILES string of the molecule is CCOc1nn(CC)c(=O)o1. The third kappa shape index (κ3) is 1.60. The van der Waals surface area contributed by atoms with E-state index >= 15 is 0 Å². The Kier molecular flexibility index (Phi) is 2.30. The van der Waals surface area contributed by atoms with E-state index in [0.717, 1.165) is 0 Å². The van der Waals surface area contributed by atoms with Gasteiger partial charge in [0, 0.05) is 6.54 Å². The minimum absolute atomic E-state index is 0.0411. The molecule has 0 fully saturated rings. The van der Waals surface area contributed by atoms with Crippen molar-refractivity contribution in [1.82, 2.24) is 9.78 Å². The second kappa shape index (κ2) is 3.23. The van der Waals surface area contributed by atoms with Crippen molar-refractivity contribution in [1.29, 1.82) is 0 Å². The Morgan fingerprint density at radius 2 is 2.36 bits per heavy atom. The summed E-state index contributed by atoms with van der Waals surface area (Å²) >= 11 is 0. The summed E-state index contributed by atoms with van der Waals surface area (Å²) in [6.07, 6.45) is 0.0411. The molecule has 0 aromatic carbocycles. The van der Waals surface area contributed by atoms with E-state index in [0.29, 0.717) is 13.2 Å². The van der Waals surface area contributed by atoms with Gasteiger partial charge in [-0.1, -0.05) is 5.10 Å². The van der Waals surface area contributed by atoms with Crippen LogP contribution < -0.4 is 10.5 Å². The van der Waals surface area contributed by atoms with Crippen LogP contribution in [-0.2, 0) is 6.54 Å². The highest BCUT2D eigenvalue weighted by Gasteiger charge is 2.05. The monoisotopic (exact) mass is 158 g/mol. The molecule has 0 aliphatic heterocycles. The minimum Gasteiger partial charge on any atom is -0.449 e. The Balaban J connectivity index is 2.86. The molecule has 0 spiro atoms. The Morgan fingerprint density at radius 1 is 1.64 bits per heavy atom. The highest BCUT2D eigenvalue weighted by Crippen LogP contribution is 1.99. The third-order valence-corrected chi connectivity index (χ3v) is 1.16. The van der Waals surface area contributed by atoms with Crippen molar-refractivity contribution in [3.05, 3.63) is 10.6 Å². The zero-order valence-corrected chi connectivity index (χ0v) is 6.53. The molecule has 62 valence electrons. The quantitative estimate of drug-likeness (QED) is 0.632. The molecule has 0 unspecified atom stereocenters. The average molecular weight is 158 g/mol. The molecule has 11 heavy (non-hydrogen) atoms. The summed E-state index contributed by atoms with van der Waals surface area (Å²) in [6.45, 7) is 4.55. The lowest BCUT2D eigenvalue weighted by Gasteiger charge is -1.90. The molecule has 1 aromatic rings. The largest absolute Gasteiger partial charge is 0.449 e. The smallest absolute Gasteiger partial charge is 0.439 e. The average Bonchev–Trinajstić information content (AvgIpc) is 2.32. The molecule has 5 nitrogen and oxygen atoms in total. The van der Waals surface area contributed by atoms with Crippen LogP contribution in [-0.4, -0.2) is 16.4 Å². The fraction of sp³-hybridized carbons (Fsp3) is 0.667. The van der Waals surface area contributed by atoms with Gasteiger partial charge in [0.05, 0.1) is 6.61 Å². The molecule has 1 heterocycles. The zero-order chi connectivity index (χ0) is 8.27. The van der Waals surface area contributed by atoms with E-state index in [-0.39, 0.29) is 6.08 Å². The second-order valence-electron chi connectivity index (χ2n) is 1.88. The fourth-order valence-corrected chi connectivity index (χ4v) is 0.669. The predicted molar refractivity (Wildman–Crippen MR) is 37.6 cm³/mol. The first-order valence-corrected chi connectivity index (χ1v) is 3.48. The zero-order valence-electron chi connectivity index (χ0n) is 6.53. The van der Waals surface area contributed by atoms with E-state index in [1.165, 1.54) is 4.68 Å². The van der Waals surface area contributed by atoms with Gasteiger partial charge in [0.15, 0.2) is 0 Å². The summed E-state index contributed by atoms with van der Waals surface area (Å²) in [5, 5.41) is 3.73. The van der Waals surface area contributed by atoms with E-state index in [4.69, 9.17) is 4.74 Å². The Morgan fingerprint density at radius 3 is 2.82 bits per heavy atom. The number of aromatic nitrogens is 2. The van der Waals surface area contributed by atoms with Crippen molar-refractivity contribution in [3.8, 4) is 6.08 Å². The topological polar surface area (TPSA) is 57.3 Å². The van der Waals surface area contributed by atoms with Gasteiger partial charge in [-0.15, -0.1) is 0 Å². The molecule has 0 bridgehead atoms. The summed E-state index contributed by atoms with van der Waals surface area (Å²) in [6, 6.07) is 0. The van der Waals surface area contributed by atoms with E-state index in [1.54, 1.807) is 13.8 Å². The van der Waals surface area contributed by atoms with Crippen LogP contribution in [0.15, 0.2) is 9.21 Å². The number of hydrogen-bond donors (Lipinski definition) is 0. The standard InChI is InChI=1S/C6H10N2O3/c1-3-8-6(9)11-5(7-8)10-4-2/h3-4H2,1-2H3. The molecule has 1 aromatic heterocycles. The highest BCUT2D eigenvalue weighted by molar-refractivity contribution is 4.78. The summed E-state index contributed by atoms with van der Waals surface area (Å²) in [5.41, 5.74) is 0. The van der Waals surface area contributed by atoms with Crippen LogP contribution in [0, 0.1) is 0 Å². The van der Waals surface area contributed by atoms with E-state index in [1.807, 2.05) is 0 Å². The van der Waals surface area contributed by atoms with Gasteiger partial charge in [-0.3, -0.25) is 0 Å². The molecule has 0 saturated carbocycles. The van der Waals surface area contributed by atoms with Crippen molar-refractivity contribution in [2.45, 2.75) is 20.4 Å². The molecule has 0 saturated heterocycles. The van der Waals surface area contributed by atoms with Crippen LogP contribution in [0.5, 0.6) is 6.08 Å². The van der Waals surface area contributed by atoms with Crippen molar-refractivity contribution in [2.75, 3.05) is 6.61 Å². The second-order valence-corrected chi connectivity index (χ2v) is 1.88. The Bertz CT molecular complexity index is 276. The van der Waals surface area contributed by atoms with Crippen molar-refractivity contribution in [3.63, 3.8) is 0 Å². The van der Waals surface area contributed by atoms with Gasteiger partial charge in [0.2, 0.25) is 0 Å². The van der Waals surface area contributed by atoms with Gasteiger partial charge < -0.3 is 9.15 Å². The maximum atomic E-state index is 10.8. The van der Waals surface area contributed by atoms with Gasteiger partial charge in [-0.2, -0.15) is 4.68 Å². The van der Waals surface area contributed by atoms with E-state index in [2.05, 4.69) is 9.52 Å². The number of aryl methyl sites for hydroxylation is 1. The molecular weight excluding hydrogens is 148 g/mol. The Labute approximate surface area is 63.6 Å². The molecule has 0 radical (unpaired) electrons. The normalized spacial score (nSPS) is 10.0. The van der Waals surface area contributed by atoms with Crippen LogP contribution in [0.3, 0.4) is 0 Å². The maximum absolute atomic E-state index is 10.8. The van der Waals surface area contributed by atoms with E-state index < -0.39 is 5.76 Å². The number of hydrogen-bond acceptors (Lipinski definition) is 4. The van der Waals surface area contributed by atoms with Gasteiger partial charge in [-0.05, 0) is 13.8 Å². The summed E-state index contributed by atoms with van der Waals surface area (Å²) in [7, 11) is 0. The molecule has 1 rings (SSSR count). The fourth-order valence-electron chi connectivity index (χ4n) is 0.669. The third-order valence-electron chi connectivity index (χ3n) is 1.16. The predicted octanol–water partition coefficient (Wildman–Crippen LogP) is 0.255. The molecule has 0 aliphatic carbocycles. The molecular formula is C6H10N2O3. The first-order chi connectivity index (χ1) is 5.27. The summed E-state index contributed by atoms with van der Waals surface area (Å²) in [5.74, 6) is -0.476. The van der Waals surface area contributed by atoms with Gasteiger partial charge in [-0.25, -0.2) is 4.79 Å². The lowest BCUT2D eigenvalue weighted by molar-refractivity contribution is 0.238. The summed E-state index contributed by atoms with van der Waals surface area (Å²) in [4.78, 5) is 10.8. The van der Waals surface area contributed by atoms with Gasteiger partial charge in [0.1, 0.15) is 0 Å². The minimum atomic E-state index is -0.476. The van der Waals surface area contributed by atoms with Crippen molar-refractivity contribution >= 4 is 0 Å². The Hall–Kier alpha value is -1.26. The first kappa shape index (κ1) is 7.84. The molecule has 0 aliphatic rings. The molecule has 5 heteroatoms. The molecule has 0 atom stereocenters. The van der Waals surface area contributed by atoms with Crippen LogP contribution in [0.4, 0.5) is 0 Å².